The highest BCUT2D eigenvalue weighted by Gasteiger charge is 2.27. The van der Waals surface area contributed by atoms with Crippen LogP contribution in [0, 0.1) is 5.82 Å². The molecule has 0 bridgehead atoms. The summed E-state index contributed by atoms with van der Waals surface area (Å²) in [5.41, 5.74) is 0. The monoisotopic (exact) mass is 438 g/mol. The number of halogens is 1. The molecular weight excluding hydrogens is 419 g/mol. The van der Waals surface area contributed by atoms with Crippen molar-refractivity contribution >= 4 is 21.0 Å². The predicted molar refractivity (Wildman–Crippen MR) is 116 cm³/mol. The van der Waals surface area contributed by atoms with Crippen LogP contribution in [0.4, 0.5) is 4.39 Å². The predicted octanol–water partition coefficient (Wildman–Crippen LogP) is 5.51. The third kappa shape index (κ3) is 5.79. The lowest BCUT2D eigenvalue weighted by atomic mass is 10.4. The second-order valence-corrected chi connectivity index (χ2v) is 9.50. The Labute approximate surface area is 178 Å². The maximum Gasteiger partial charge on any atom is 0.166 e. The first-order valence-corrected chi connectivity index (χ1v) is 11.7. The van der Waals surface area contributed by atoms with E-state index in [2.05, 4.69) is 91.0 Å². The highest BCUT2D eigenvalue weighted by molar-refractivity contribution is 7.97. The van der Waals surface area contributed by atoms with Crippen LogP contribution in [0.1, 0.15) is 0 Å². The van der Waals surface area contributed by atoms with Crippen molar-refractivity contribution in [2.24, 2.45) is 0 Å². The third-order valence-corrected chi connectivity index (χ3v) is 7.14. The van der Waals surface area contributed by atoms with Crippen molar-refractivity contribution in [2.75, 3.05) is 0 Å². The maximum absolute atomic E-state index is 12.5. The van der Waals surface area contributed by atoms with E-state index in [0.29, 0.717) is 0 Å². The molecule has 0 radical (unpaired) electrons. The van der Waals surface area contributed by atoms with Gasteiger partial charge >= 0.3 is 0 Å². The Balaban J connectivity index is 0.000000199. The van der Waals surface area contributed by atoms with Gasteiger partial charge in [-0.25, -0.2) is 12.8 Å². The van der Waals surface area contributed by atoms with Crippen molar-refractivity contribution in [3.63, 3.8) is 0 Å². The fraction of sp³-hybridized carbons (Fsp3) is 0. The van der Waals surface area contributed by atoms with Crippen molar-refractivity contribution in [1.29, 1.82) is 0 Å². The molecule has 0 aromatic heterocycles. The Bertz CT molecular complexity index is 1070. The zero-order valence-electron chi connectivity index (χ0n) is 15.9. The van der Waals surface area contributed by atoms with Crippen LogP contribution in [-0.2, 0) is 21.0 Å². The van der Waals surface area contributed by atoms with Crippen molar-refractivity contribution in [3.8, 4) is 0 Å². The minimum Gasteiger partial charge on any atom is -0.744 e. The average Bonchev–Trinajstić information content (AvgIpc) is 2.76. The summed E-state index contributed by atoms with van der Waals surface area (Å²) < 4.78 is 43.3. The van der Waals surface area contributed by atoms with E-state index in [1.807, 2.05) is 0 Å². The van der Waals surface area contributed by atoms with Crippen LogP contribution < -0.4 is 0 Å². The minimum atomic E-state index is -4.66. The number of hydrogen-bond acceptors (Lipinski definition) is 3. The molecule has 4 aromatic carbocycles. The summed E-state index contributed by atoms with van der Waals surface area (Å²) >= 11 is 0. The van der Waals surface area contributed by atoms with Gasteiger partial charge in [0, 0.05) is 0 Å². The Morgan fingerprint density at radius 1 is 0.567 bits per heavy atom. The quantitative estimate of drug-likeness (QED) is 0.312. The van der Waals surface area contributed by atoms with Crippen molar-refractivity contribution in [2.45, 2.75) is 19.6 Å². The molecule has 0 N–H and O–H groups in total. The Morgan fingerprint density at radius 3 is 1.20 bits per heavy atom. The van der Waals surface area contributed by atoms with Crippen LogP contribution in [0.5, 0.6) is 0 Å². The zero-order chi connectivity index (χ0) is 21.4. The van der Waals surface area contributed by atoms with E-state index >= 15 is 0 Å². The minimum absolute atomic E-state index is 0.0146. The molecule has 0 heterocycles. The summed E-state index contributed by atoms with van der Waals surface area (Å²) in [6.07, 6.45) is 0. The van der Waals surface area contributed by atoms with Crippen LogP contribution in [0.25, 0.3) is 0 Å². The van der Waals surface area contributed by atoms with Gasteiger partial charge in [0.15, 0.2) is 14.7 Å². The molecule has 4 aromatic rings. The van der Waals surface area contributed by atoms with Gasteiger partial charge in [0.1, 0.15) is 15.9 Å². The smallest absolute Gasteiger partial charge is 0.166 e. The Morgan fingerprint density at radius 2 is 0.900 bits per heavy atom. The number of hydrogen-bond donors (Lipinski definition) is 0. The van der Waals surface area contributed by atoms with Crippen molar-refractivity contribution in [3.05, 3.63) is 121 Å². The molecule has 30 heavy (non-hydrogen) atoms. The van der Waals surface area contributed by atoms with Crippen LogP contribution >= 0.6 is 0 Å². The lowest BCUT2D eigenvalue weighted by Crippen LogP contribution is -2.04. The molecule has 0 aliphatic rings. The van der Waals surface area contributed by atoms with E-state index in [1.54, 1.807) is 0 Å². The SMILES string of the molecule is O=S(=O)([O-])c1ccccc1F.c1ccc([S+](c2ccccc2)c2ccccc2)cc1. The number of benzene rings is 4. The molecule has 0 amide bonds. The summed E-state index contributed by atoms with van der Waals surface area (Å²) in [5.74, 6) is -1.01. The second kappa shape index (κ2) is 10.2. The molecule has 0 atom stereocenters. The molecule has 0 spiro atoms. The lowest BCUT2D eigenvalue weighted by Gasteiger charge is -2.07. The molecule has 4 rings (SSSR count). The molecule has 6 heteroatoms. The van der Waals surface area contributed by atoms with Gasteiger partial charge in [-0.2, -0.15) is 0 Å². The first kappa shape index (κ1) is 21.8. The standard InChI is InChI=1S/C18H15S.C6H5FO3S/c1-4-10-16(11-5-1)19(17-12-6-2-7-13-17)18-14-8-3-9-15-18;7-5-3-1-2-4-6(5)11(8,9)10/h1-15H;1-4H,(H,8,9,10)/q+1;/p-1. The highest BCUT2D eigenvalue weighted by atomic mass is 32.2. The van der Waals surface area contributed by atoms with Gasteiger partial charge in [0.05, 0.1) is 15.8 Å². The molecule has 0 aliphatic carbocycles. The van der Waals surface area contributed by atoms with E-state index in [4.69, 9.17) is 0 Å². The van der Waals surface area contributed by atoms with Crippen LogP contribution in [0.15, 0.2) is 135 Å². The molecule has 3 nitrogen and oxygen atoms in total. The molecule has 152 valence electrons. The summed E-state index contributed by atoms with van der Waals surface area (Å²) in [4.78, 5) is 3.28. The van der Waals surface area contributed by atoms with E-state index < -0.39 is 20.8 Å². The van der Waals surface area contributed by atoms with E-state index in [0.717, 1.165) is 12.1 Å². The maximum atomic E-state index is 12.5. The second-order valence-electron chi connectivity index (χ2n) is 6.13. The number of rotatable bonds is 4. The van der Waals surface area contributed by atoms with Crippen molar-refractivity contribution < 1.29 is 17.4 Å². The average molecular weight is 439 g/mol. The van der Waals surface area contributed by atoms with Gasteiger partial charge in [-0.05, 0) is 48.5 Å². The molecule has 0 unspecified atom stereocenters. The van der Waals surface area contributed by atoms with E-state index in [1.165, 1.54) is 26.8 Å². The van der Waals surface area contributed by atoms with E-state index in [9.17, 15) is 17.4 Å². The van der Waals surface area contributed by atoms with Crippen LogP contribution in [0.2, 0.25) is 0 Å². The summed E-state index contributed by atoms with van der Waals surface area (Å²) in [5, 5.41) is 0. The summed E-state index contributed by atoms with van der Waals surface area (Å²) in [6, 6.07) is 36.6. The Kier molecular flexibility index (Phi) is 7.41. The van der Waals surface area contributed by atoms with E-state index in [-0.39, 0.29) is 10.9 Å². The zero-order valence-corrected chi connectivity index (χ0v) is 17.5. The van der Waals surface area contributed by atoms with Gasteiger partial charge in [-0.15, -0.1) is 0 Å². The fourth-order valence-corrected chi connectivity index (χ4v) is 5.38. The van der Waals surface area contributed by atoms with Gasteiger partial charge in [0.2, 0.25) is 0 Å². The molecule has 0 saturated heterocycles. The van der Waals surface area contributed by atoms with Crippen molar-refractivity contribution in [1.82, 2.24) is 0 Å². The van der Waals surface area contributed by atoms with Crippen LogP contribution in [-0.4, -0.2) is 13.0 Å². The lowest BCUT2D eigenvalue weighted by molar-refractivity contribution is 0.455. The topological polar surface area (TPSA) is 57.2 Å². The summed E-state index contributed by atoms with van der Waals surface area (Å²) in [6.45, 7) is 0. The third-order valence-electron chi connectivity index (χ3n) is 4.04. The first-order chi connectivity index (χ1) is 14.5. The van der Waals surface area contributed by atoms with Gasteiger partial charge in [-0.1, -0.05) is 66.7 Å². The van der Waals surface area contributed by atoms with Crippen LogP contribution in [0.3, 0.4) is 0 Å². The first-order valence-electron chi connectivity index (χ1n) is 9.06. The fourth-order valence-electron chi connectivity index (χ4n) is 2.73. The largest absolute Gasteiger partial charge is 0.744 e. The normalized spacial score (nSPS) is 10.9. The highest BCUT2D eigenvalue weighted by Crippen LogP contribution is 2.30. The molecular formula is C24H19FO3S2. The summed E-state index contributed by atoms with van der Waals surface area (Å²) in [7, 11) is -4.67. The Hall–Kier alpha value is -2.93. The van der Waals surface area contributed by atoms with Gasteiger partial charge < -0.3 is 4.55 Å². The molecule has 0 saturated carbocycles. The molecule has 0 aliphatic heterocycles. The van der Waals surface area contributed by atoms with Gasteiger partial charge in [-0.3, -0.25) is 0 Å². The molecule has 0 fully saturated rings. The van der Waals surface area contributed by atoms with Gasteiger partial charge in [0.25, 0.3) is 0 Å².